The number of methoxy groups -OCH3 is 4. The number of nitrogens with zero attached hydrogens (tertiary/aromatic N) is 7. The molecule has 2 heterocycles. The van der Waals surface area contributed by atoms with E-state index >= 15 is 0 Å². The van der Waals surface area contributed by atoms with Crippen molar-refractivity contribution in [3.8, 4) is 0 Å². The van der Waals surface area contributed by atoms with E-state index in [2.05, 4.69) is 42.5 Å². The highest BCUT2D eigenvalue weighted by Crippen LogP contribution is 2.33. The molecule has 0 saturated carbocycles. The number of amides is 13. The Kier molecular flexibility index (Phi) is 63.5. The lowest BCUT2D eigenvalue weighted by molar-refractivity contribution is -0.148. The van der Waals surface area contributed by atoms with Crippen molar-refractivity contribution in [3.63, 3.8) is 0 Å². The molecule has 8 N–H and O–H groups in total. The molecule has 147 heavy (non-hydrogen) atoms. The van der Waals surface area contributed by atoms with Crippen LogP contribution in [0.4, 0.5) is 0 Å². The Balaban J connectivity index is 1.07. The third-order valence-electron chi connectivity index (χ3n) is 27.6. The number of nitrogens with one attached hydrogen (secondary N) is 8. The zero-order valence-corrected chi connectivity index (χ0v) is 93.1. The first-order chi connectivity index (χ1) is 70.1. The van der Waals surface area contributed by atoms with Gasteiger partial charge in [-0.3, -0.25) is 72.1 Å². The lowest BCUT2D eigenvalue weighted by Crippen LogP contribution is -2.59. The van der Waals surface area contributed by atoms with Gasteiger partial charge in [-0.15, -0.1) is 0 Å². The standard InChI is InChI=1S/C107H185N15O25/c1-26-75(12)96(118(20)106(134)92(71(4)5)114-104(132)94(73(8)9)116(16)17)85(136-22)67-90(126)121-47-35-41-83(121)98(138-24)77(14)100(128)112-81(65-79-37-31-29-32-38-79)102(130)110-45-51-140-53-55-142-57-59-144-61-63-146-69-87(123)108-43-49-120(89(125)28-3)50-44-109-88(124)70-147-64-62-145-60-58-143-56-54-141-52-46-111-103(131)82(66-80-39-33-30-34-40-80)113-101(129)78(15)99(139-25)84-42-36-48-122(84)91(127)68-86(137-23)97(76(13)27-2)119(21)107(135)93(72(6)7)115-105(133)95(74(10)11)117(18)19/h29-34,37-40,71-78,81-86,92-99H,26-28,35-36,41-70H2,1-25H3,(H,108,123)(H,109,124)(H,110,130)(H,111,131)(H,112,128)(H,113,129)(H,114,132)(H,115,133)/t75?,76?,77?,78?,81-,82-,83?,84?,85?,86?,92-,93-,94?,95?,96?,97?,98?,99?/m0/s1. The molecule has 2 saturated heterocycles. The summed E-state index contributed by atoms with van der Waals surface area (Å²) in [6, 6.07) is 12.2. The van der Waals surface area contributed by atoms with Gasteiger partial charge in [0.15, 0.2) is 0 Å². The maximum absolute atomic E-state index is 14.6. The normalized spacial score (nSPS) is 17.1. The minimum Gasteiger partial charge on any atom is -0.379 e. The van der Waals surface area contributed by atoms with E-state index in [0.29, 0.717) is 51.6 Å². The van der Waals surface area contributed by atoms with Gasteiger partial charge < -0.3 is 124 Å². The molecule has 0 aromatic heterocycles. The van der Waals surface area contributed by atoms with Crippen molar-refractivity contribution in [2.45, 2.75) is 259 Å². The van der Waals surface area contributed by atoms with E-state index in [0.717, 1.165) is 11.1 Å². The molecule has 2 aromatic carbocycles. The van der Waals surface area contributed by atoms with Crippen LogP contribution in [0.1, 0.15) is 173 Å². The lowest BCUT2D eigenvalue weighted by Gasteiger charge is -2.41. The van der Waals surface area contributed by atoms with Gasteiger partial charge in [0.1, 0.15) is 37.4 Å². The van der Waals surface area contributed by atoms with Crippen LogP contribution in [0.15, 0.2) is 60.7 Å². The molecule has 14 unspecified atom stereocenters. The fourth-order valence-corrected chi connectivity index (χ4v) is 19.3. The summed E-state index contributed by atoms with van der Waals surface area (Å²) in [5.41, 5.74) is 1.66. The first kappa shape index (κ1) is 130. The SMILES string of the molecule is CCC(=O)N(CCNC(=O)COCCOCCOCCOCCNC(=O)[C@H](Cc1ccccc1)NC(=O)C(C)C(OC)C1CCCN1C(=O)CC(OC)C(C(C)CC)N(C)C(=O)[C@@H](NC(=O)C(C(C)C)N(C)C)C(C)C)CCNC(=O)COCCOCCOCCOCCNC(=O)[C@H](Cc1ccccc1)NC(=O)C(C)C(OC)C1CCCN1C(=O)CC(OC)C(C(C)CC)N(C)C(=O)[C@@H](NC(=O)C(C(C)C)N(C)C)C(C)C. The molecule has 2 fully saturated rings. The fraction of sp³-hybridized carbons (Fsp3) is 0.766. The zero-order valence-electron chi connectivity index (χ0n) is 93.1. The van der Waals surface area contributed by atoms with Gasteiger partial charge in [0.25, 0.3) is 0 Å². The third-order valence-corrected chi connectivity index (χ3v) is 27.6. The van der Waals surface area contributed by atoms with Crippen molar-refractivity contribution < 1.29 is 119 Å². The molecule has 13 amide bonds. The van der Waals surface area contributed by atoms with E-state index in [1.807, 2.05) is 182 Å². The number of rotatable bonds is 77. The second-order valence-electron chi connectivity index (χ2n) is 40.2. The highest BCUT2D eigenvalue weighted by atomic mass is 16.6. The van der Waals surface area contributed by atoms with E-state index in [4.69, 9.17) is 56.8 Å². The number of carbonyl (C=O) groups is 13. The maximum atomic E-state index is 14.6. The van der Waals surface area contributed by atoms with Crippen LogP contribution in [0, 0.1) is 47.3 Å². The van der Waals surface area contributed by atoms with Crippen molar-refractivity contribution in [1.29, 1.82) is 0 Å². The van der Waals surface area contributed by atoms with Gasteiger partial charge in [-0.2, -0.15) is 0 Å². The van der Waals surface area contributed by atoms with Gasteiger partial charge in [-0.1, -0.05) is 177 Å². The average Bonchev–Trinajstić information content (AvgIpc) is 1.78. The van der Waals surface area contributed by atoms with E-state index in [1.165, 1.54) is 28.4 Å². The summed E-state index contributed by atoms with van der Waals surface area (Å²) >= 11 is 0. The number of benzene rings is 2. The van der Waals surface area contributed by atoms with E-state index < -0.39 is 120 Å². The van der Waals surface area contributed by atoms with Crippen LogP contribution < -0.4 is 42.5 Å². The summed E-state index contributed by atoms with van der Waals surface area (Å²) in [6.45, 7) is 33.2. The van der Waals surface area contributed by atoms with Crippen LogP contribution in [-0.2, 0) is 132 Å². The molecule has 2 aliphatic rings. The Hall–Kier alpha value is -9.01. The largest absolute Gasteiger partial charge is 0.379 e. The summed E-state index contributed by atoms with van der Waals surface area (Å²) in [5, 5.41) is 23.4. The van der Waals surface area contributed by atoms with Crippen molar-refractivity contribution in [1.82, 2.24) is 76.8 Å². The lowest BCUT2D eigenvalue weighted by atomic mass is 9.89. The molecule has 0 spiro atoms. The van der Waals surface area contributed by atoms with Crippen LogP contribution in [0.25, 0.3) is 0 Å². The Labute approximate surface area is 875 Å². The molecule has 18 atom stereocenters. The number of ether oxygens (including phenoxy) is 12. The van der Waals surface area contributed by atoms with Gasteiger partial charge in [0.05, 0.1) is 178 Å². The predicted molar refractivity (Wildman–Crippen MR) is 560 cm³/mol. The van der Waals surface area contributed by atoms with Crippen LogP contribution >= 0.6 is 0 Å². The molecular formula is C107H185N15O25. The fourth-order valence-electron chi connectivity index (χ4n) is 19.3. The van der Waals surface area contributed by atoms with Crippen LogP contribution in [0.3, 0.4) is 0 Å². The van der Waals surface area contributed by atoms with E-state index in [9.17, 15) is 62.3 Å². The quantitative estimate of drug-likeness (QED) is 0.0420. The Bertz CT molecular complexity index is 3900. The van der Waals surface area contributed by atoms with Crippen molar-refractivity contribution >= 4 is 76.8 Å². The summed E-state index contributed by atoms with van der Waals surface area (Å²) in [5.74, 6) is -6.25. The van der Waals surface area contributed by atoms with Gasteiger partial charge in [-0.25, -0.2) is 0 Å². The van der Waals surface area contributed by atoms with E-state index in [1.54, 1.807) is 59.4 Å². The second-order valence-corrected chi connectivity index (χ2v) is 40.2. The Morgan fingerprint density at radius 2 is 0.694 bits per heavy atom. The smallest absolute Gasteiger partial charge is 0.246 e. The maximum Gasteiger partial charge on any atom is 0.246 e. The molecule has 0 bridgehead atoms. The number of carbonyl (C=O) groups excluding carboxylic acids is 13. The summed E-state index contributed by atoms with van der Waals surface area (Å²) in [4.78, 5) is 192. The monoisotopic (exact) mass is 2080 g/mol. The number of hydrogen-bond acceptors (Lipinski definition) is 27. The summed E-state index contributed by atoms with van der Waals surface area (Å²) in [7, 11) is 16.9. The van der Waals surface area contributed by atoms with Gasteiger partial charge >= 0.3 is 0 Å². The van der Waals surface area contributed by atoms with Gasteiger partial charge in [-0.05, 0) is 101 Å². The molecule has 0 radical (unpaired) electrons. The topological polar surface area (TPSA) is 452 Å². The van der Waals surface area contributed by atoms with Crippen molar-refractivity contribution in [2.24, 2.45) is 47.3 Å². The highest BCUT2D eigenvalue weighted by Gasteiger charge is 2.47. The summed E-state index contributed by atoms with van der Waals surface area (Å²) in [6.07, 6.45) is 1.51. The first-order valence-corrected chi connectivity index (χ1v) is 53.0. The van der Waals surface area contributed by atoms with Gasteiger partial charge in [0.2, 0.25) is 76.8 Å². The van der Waals surface area contributed by atoms with Crippen LogP contribution in [0.5, 0.6) is 0 Å². The zero-order chi connectivity index (χ0) is 109. The highest BCUT2D eigenvalue weighted by molar-refractivity contribution is 5.93. The first-order valence-electron chi connectivity index (χ1n) is 53.0. The second kappa shape index (κ2) is 71.7. The number of likely N-dealkylation sites (N-methyl/N-ethyl adjacent to an activating group) is 4. The summed E-state index contributed by atoms with van der Waals surface area (Å²) < 4.78 is 69.3. The van der Waals surface area contributed by atoms with Crippen molar-refractivity contribution in [3.05, 3.63) is 71.8 Å². The molecule has 838 valence electrons. The average molecular weight is 2080 g/mol. The van der Waals surface area contributed by atoms with E-state index in [-0.39, 0.29) is 266 Å². The minimum atomic E-state index is -0.959. The molecule has 2 aromatic rings. The van der Waals surface area contributed by atoms with Crippen LogP contribution in [-0.4, -0.2) is 425 Å². The molecule has 2 aliphatic heterocycles. The minimum absolute atomic E-state index is 0.00173. The molecular weight excluding hydrogens is 1900 g/mol. The third kappa shape index (κ3) is 45.2. The number of likely N-dealkylation sites (tertiary alicyclic amines) is 2. The predicted octanol–water partition coefficient (Wildman–Crippen LogP) is 4.57. The molecule has 40 nitrogen and oxygen atoms in total. The van der Waals surface area contributed by atoms with Gasteiger partial charge in [0, 0.05) is 114 Å². The Morgan fingerprint density at radius 3 is 0.980 bits per heavy atom. The van der Waals surface area contributed by atoms with Crippen molar-refractivity contribution in [2.75, 3.05) is 229 Å². The molecule has 0 aliphatic carbocycles. The Morgan fingerprint density at radius 1 is 0.374 bits per heavy atom. The number of hydrogen-bond donors (Lipinski definition) is 8. The van der Waals surface area contributed by atoms with Crippen LogP contribution in [0.2, 0.25) is 0 Å². The molecule has 4 rings (SSSR count). The molecule has 40 heteroatoms.